The Bertz CT molecular complexity index is 982. The van der Waals surface area contributed by atoms with E-state index < -0.39 is 5.60 Å². The van der Waals surface area contributed by atoms with E-state index in [0.717, 1.165) is 29.7 Å². The molecule has 0 atom stereocenters. The molecule has 8 nitrogen and oxygen atoms in total. The Balaban J connectivity index is 1.72. The Kier molecular flexibility index (Phi) is 7.01. The van der Waals surface area contributed by atoms with Gasteiger partial charge in [0.1, 0.15) is 5.60 Å². The predicted octanol–water partition coefficient (Wildman–Crippen LogP) is 5.23. The summed E-state index contributed by atoms with van der Waals surface area (Å²) in [4.78, 5) is 18.6. The Morgan fingerprint density at radius 2 is 2.03 bits per heavy atom. The molecule has 0 radical (unpaired) electrons. The van der Waals surface area contributed by atoms with Crippen LogP contribution in [-0.2, 0) is 4.74 Å². The summed E-state index contributed by atoms with van der Waals surface area (Å²) in [6.07, 6.45) is 2.74. The smallest absolute Gasteiger partial charge is 0.410 e. The van der Waals surface area contributed by atoms with Crippen molar-refractivity contribution in [3.05, 3.63) is 42.3 Å². The molecule has 2 heterocycles. The highest BCUT2D eigenvalue weighted by molar-refractivity contribution is 6.10. The first-order chi connectivity index (χ1) is 15.1. The second-order valence-electron chi connectivity index (χ2n) is 9.38. The van der Waals surface area contributed by atoms with Crippen molar-refractivity contribution in [2.45, 2.75) is 65.0 Å². The minimum Gasteiger partial charge on any atom is -0.444 e. The quantitative estimate of drug-likeness (QED) is 0.598. The fourth-order valence-electron chi connectivity index (χ4n) is 3.61. The summed E-state index contributed by atoms with van der Waals surface area (Å²) >= 11 is 0. The molecule has 1 aromatic carbocycles. The van der Waals surface area contributed by atoms with Gasteiger partial charge in [-0.05, 0) is 59.6 Å². The highest BCUT2D eigenvalue weighted by atomic mass is 16.6. The van der Waals surface area contributed by atoms with Gasteiger partial charge < -0.3 is 24.9 Å². The number of nitrogens with one attached hydrogen (secondary N) is 2. The van der Waals surface area contributed by atoms with E-state index in [-0.39, 0.29) is 18.1 Å². The zero-order valence-electron chi connectivity index (χ0n) is 19.6. The molecule has 0 unspecified atom stereocenters. The number of allylic oxidation sites excluding steroid dienone is 1. The monoisotopic (exact) mass is 439 g/mol. The number of amides is 1. The third-order valence-electron chi connectivity index (χ3n) is 5.15. The Hall–Kier alpha value is -3.16. The van der Waals surface area contributed by atoms with Crippen LogP contribution in [0.1, 0.15) is 64.8 Å². The Labute approximate surface area is 189 Å². The van der Waals surface area contributed by atoms with Gasteiger partial charge in [-0.15, -0.1) is 0 Å². The van der Waals surface area contributed by atoms with Gasteiger partial charge in [0.25, 0.3) is 0 Å². The third-order valence-corrected chi connectivity index (χ3v) is 5.15. The van der Waals surface area contributed by atoms with Crippen molar-refractivity contribution in [2.75, 3.05) is 18.4 Å². The molecule has 2 N–H and O–H groups in total. The number of carbonyl (C=O) groups excluding carboxylic acids is 1. The number of benzene rings is 1. The minimum absolute atomic E-state index is 0.108. The molecule has 32 heavy (non-hydrogen) atoms. The molecule has 172 valence electrons. The normalized spacial score (nSPS) is 15.0. The molecule has 1 aliphatic rings. The fraction of sp³-hybridized carbons (Fsp3) is 0.500. The molecule has 1 saturated heterocycles. The lowest BCUT2D eigenvalue weighted by atomic mass is 9.97. The van der Waals surface area contributed by atoms with Crippen LogP contribution in [0.2, 0.25) is 0 Å². The van der Waals surface area contributed by atoms with Gasteiger partial charge in [0.05, 0.1) is 5.71 Å². The summed E-state index contributed by atoms with van der Waals surface area (Å²) in [5.74, 6) is 1.21. The number of rotatable bonds is 6. The molecule has 3 rings (SSSR count). The molecule has 1 amide bonds. The number of hydrogen-bond acceptors (Lipinski definition) is 7. The van der Waals surface area contributed by atoms with Crippen molar-refractivity contribution in [2.24, 2.45) is 0 Å². The molecule has 0 saturated carbocycles. The van der Waals surface area contributed by atoms with Crippen LogP contribution in [0.15, 0.2) is 35.4 Å². The van der Waals surface area contributed by atoms with Crippen LogP contribution in [0.4, 0.5) is 10.5 Å². The summed E-state index contributed by atoms with van der Waals surface area (Å²) in [7, 11) is 0. The fourth-order valence-corrected chi connectivity index (χ4v) is 3.61. The minimum atomic E-state index is -0.502. The molecule has 2 aromatic rings. The van der Waals surface area contributed by atoms with Crippen molar-refractivity contribution >= 4 is 17.5 Å². The summed E-state index contributed by atoms with van der Waals surface area (Å²) in [6.45, 7) is 14.6. The number of piperidine rings is 1. The molecule has 1 aliphatic heterocycles. The van der Waals surface area contributed by atoms with Crippen molar-refractivity contribution in [3.8, 4) is 11.4 Å². The van der Waals surface area contributed by atoms with Gasteiger partial charge in [0.2, 0.25) is 11.7 Å². The van der Waals surface area contributed by atoms with Gasteiger partial charge in [-0.1, -0.05) is 23.9 Å². The van der Waals surface area contributed by atoms with Gasteiger partial charge in [0, 0.05) is 41.9 Å². The van der Waals surface area contributed by atoms with Crippen molar-refractivity contribution in [1.29, 1.82) is 5.41 Å². The van der Waals surface area contributed by atoms with Crippen LogP contribution in [0, 0.1) is 5.41 Å². The lowest BCUT2D eigenvalue weighted by Gasteiger charge is -2.32. The maximum Gasteiger partial charge on any atom is 0.410 e. The maximum absolute atomic E-state index is 12.3. The lowest BCUT2D eigenvalue weighted by Crippen LogP contribution is -2.41. The number of hydrogen-bond donors (Lipinski definition) is 2. The summed E-state index contributed by atoms with van der Waals surface area (Å²) < 4.78 is 11.0. The van der Waals surface area contributed by atoms with Gasteiger partial charge in [-0.3, -0.25) is 0 Å². The second-order valence-corrected chi connectivity index (χ2v) is 9.38. The topological polar surface area (TPSA) is 104 Å². The Morgan fingerprint density at radius 3 is 2.62 bits per heavy atom. The van der Waals surface area contributed by atoms with E-state index in [9.17, 15) is 4.79 Å². The molecular formula is C24H33N5O3. The van der Waals surface area contributed by atoms with E-state index in [1.54, 1.807) is 4.90 Å². The van der Waals surface area contributed by atoms with Crippen LogP contribution in [-0.4, -0.2) is 51.6 Å². The average molecular weight is 440 g/mol. The van der Waals surface area contributed by atoms with Gasteiger partial charge >= 0.3 is 6.09 Å². The van der Waals surface area contributed by atoms with E-state index in [2.05, 4.69) is 22.0 Å². The number of likely N-dealkylation sites (tertiary alicyclic amines) is 1. The van der Waals surface area contributed by atoms with Crippen molar-refractivity contribution < 1.29 is 14.1 Å². The number of nitrogens with zero attached hydrogens (tertiary/aromatic N) is 3. The van der Waals surface area contributed by atoms with Gasteiger partial charge in [0.15, 0.2) is 0 Å². The molecular weight excluding hydrogens is 406 g/mol. The number of carbonyl (C=O) groups is 1. The van der Waals surface area contributed by atoms with E-state index in [0.29, 0.717) is 30.5 Å². The number of ether oxygens (including phenoxy) is 1. The third kappa shape index (κ3) is 5.75. The highest BCUT2D eigenvalue weighted by Gasteiger charge is 2.30. The van der Waals surface area contributed by atoms with Crippen molar-refractivity contribution in [3.63, 3.8) is 0 Å². The molecule has 0 spiro atoms. The van der Waals surface area contributed by atoms with Crippen LogP contribution in [0.3, 0.4) is 0 Å². The summed E-state index contributed by atoms with van der Waals surface area (Å²) in [5, 5.41) is 15.7. The average Bonchev–Trinajstić information content (AvgIpc) is 3.22. The largest absolute Gasteiger partial charge is 0.444 e. The first kappa shape index (κ1) is 23.5. The molecule has 8 heteroatoms. The van der Waals surface area contributed by atoms with Gasteiger partial charge in [-0.2, -0.15) is 4.98 Å². The molecule has 1 fully saturated rings. The number of anilines is 1. The predicted molar refractivity (Wildman–Crippen MR) is 125 cm³/mol. The van der Waals surface area contributed by atoms with Crippen LogP contribution < -0.4 is 5.32 Å². The maximum atomic E-state index is 12.3. The van der Waals surface area contributed by atoms with E-state index >= 15 is 0 Å². The van der Waals surface area contributed by atoms with Crippen LogP contribution >= 0.6 is 0 Å². The highest BCUT2D eigenvalue weighted by Crippen LogP contribution is 2.30. The van der Waals surface area contributed by atoms with Crippen LogP contribution in [0.25, 0.3) is 11.4 Å². The zero-order valence-corrected chi connectivity index (χ0v) is 19.6. The number of aromatic nitrogens is 2. The Morgan fingerprint density at radius 1 is 1.34 bits per heavy atom. The summed E-state index contributed by atoms with van der Waals surface area (Å²) in [5.41, 5.74) is 2.27. The lowest BCUT2D eigenvalue weighted by molar-refractivity contribution is 0.0198. The SMILES string of the molecule is C=CC(=N)c1ccc(-c2noc(C3CCN(C(=O)OC(C)(C)C)CC3)n2)cc1NC(C)C. The van der Waals surface area contributed by atoms with E-state index in [1.807, 2.05) is 52.8 Å². The zero-order chi connectivity index (χ0) is 23.5. The van der Waals surface area contributed by atoms with Crippen LogP contribution in [0.5, 0.6) is 0 Å². The van der Waals surface area contributed by atoms with E-state index in [4.69, 9.17) is 14.7 Å². The first-order valence-electron chi connectivity index (χ1n) is 11.0. The second kappa shape index (κ2) is 9.54. The molecule has 1 aromatic heterocycles. The molecule has 0 aliphatic carbocycles. The van der Waals surface area contributed by atoms with Gasteiger partial charge in [-0.25, -0.2) is 4.79 Å². The molecule has 0 bridgehead atoms. The standard InChI is InChI=1S/C24H33N5O3/c1-7-19(25)18-9-8-17(14-20(18)26-15(2)3)21-27-22(32-28-21)16-10-12-29(13-11-16)23(30)31-24(4,5)6/h7-9,14-16,25-26H,1,10-13H2,2-6H3. The summed E-state index contributed by atoms with van der Waals surface area (Å²) in [6, 6.07) is 5.91. The first-order valence-corrected chi connectivity index (χ1v) is 11.0. The van der Waals surface area contributed by atoms with E-state index in [1.165, 1.54) is 6.08 Å². The van der Waals surface area contributed by atoms with Crippen molar-refractivity contribution in [1.82, 2.24) is 15.0 Å².